The Morgan fingerprint density at radius 2 is 1.54 bits per heavy atom. The molecule has 5 rings (SSSR count). The van der Waals surface area contributed by atoms with Crippen LogP contribution in [0.1, 0.15) is 24.5 Å². The lowest BCUT2D eigenvalue weighted by Crippen LogP contribution is -2.33. The number of nitrogens with zero attached hydrogens (tertiary/aromatic N) is 3. The van der Waals surface area contributed by atoms with Crippen molar-refractivity contribution >= 4 is 23.6 Å². The van der Waals surface area contributed by atoms with Gasteiger partial charge in [-0.1, -0.05) is 90.6 Å². The monoisotopic (exact) mass is 484 g/mol. The quantitative estimate of drug-likeness (QED) is 0.276. The van der Waals surface area contributed by atoms with E-state index in [9.17, 15) is 9.59 Å². The molecule has 1 amide bonds. The van der Waals surface area contributed by atoms with Crippen LogP contribution in [0.4, 0.5) is 0 Å². The number of para-hydroxylation sites is 1. The first kappa shape index (κ1) is 22.9. The number of ether oxygens (including phenoxy) is 1. The topological polar surface area (TPSA) is 86.1 Å². The van der Waals surface area contributed by atoms with Crippen LogP contribution in [-0.4, -0.2) is 38.4 Å². The second-order valence-electron chi connectivity index (χ2n) is 8.20. The molecule has 1 heterocycles. The molecule has 1 aromatic heterocycles. The predicted molar refractivity (Wildman–Crippen MR) is 134 cm³/mol. The maximum atomic E-state index is 12.9. The highest BCUT2D eigenvalue weighted by atomic mass is 32.2. The summed E-state index contributed by atoms with van der Waals surface area (Å²) in [7, 11) is 0. The molecule has 0 saturated heterocycles. The number of carbonyl (C=O) groups excluding carboxylic acids is 2. The van der Waals surface area contributed by atoms with E-state index in [4.69, 9.17) is 4.74 Å². The molecular formula is C27H24N4O3S. The molecule has 35 heavy (non-hydrogen) atoms. The fraction of sp³-hybridized carbons (Fsp3) is 0.185. The van der Waals surface area contributed by atoms with Crippen LogP contribution in [-0.2, 0) is 14.3 Å². The highest BCUT2D eigenvalue weighted by molar-refractivity contribution is 7.99. The molecule has 1 unspecified atom stereocenters. The van der Waals surface area contributed by atoms with Gasteiger partial charge in [-0.3, -0.25) is 14.2 Å². The molecule has 0 aliphatic heterocycles. The molecule has 1 N–H and O–H groups in total. The summed E-state index contributed by atoms with van der Waals surface area (Å²) in [5, 5.41) is 12.2. The molecule has 0 bridgehead atoms. The van der Waals surface area contributed by atoms with Gasteiger partial charge in [0.25, 0.3) is 5.91 Å². The number of esters is 1. The zero-order valence-corrected chi connectivity index (χ0v) is 19.7. The molecule has 7 nitrogen and oxygen atoms in total. The SMILES string of the molecule is O=C(CSc1nnc(-c2ccccc2)n1-c1ccccc1)OC(C(=O)NC1CC1)c1ccccc1. The van der Waals surface area contributed by atoms with E-state index in [0.717, 1.165) is 24.1 Å². The molecule has 8 heteroatoms. The standard InChI is InChI=1S/C27H24N4O3S/c32-23(34-24(19-10-4-1-5-11-19)26(33)28-21-16-17-21)18-35-27-30-29-25(20-12-6-2-7-13-20)31(27)22-14-8-3-9-15-22/h1-15,21,24H,16-18H2,(H,28,33). The molecule has 1 aliphatic carbocycles. The summed E-state index contributed by atoms with van der Waals surface area (Å²) < 4.78 is 7.57. The second kappa shape index (κ2) is 10.6. The van der Waals surface area contributed by atoms with Gasteiger partial charge >= 0.3 is 5.97 Å². The number of hydrogen-bond acceptors (Lipinski definition) is 6. The van der Waals surface area contributed by atoms with Gasteiger partial charge in [-0.05, 0) is 25.0 Å². The van der Waals surface area contributed by atoms with E-state index in [1.165, 1.54) is 11.8 Å². The molecule has 0 radical (unpaired) electrons. The summed E-state index contributed by atoms with van der Waals surface area (Å²) in [4.78, 5) is 25.6. The summed E-state index contributed by atoms with van der Waals surface area (Å²) >= 11 is 1.22. The third-order valence-corrected chi connectivity index (χ3v) is 6.41. The fourth-order valence-corrected chi connectivity index (χ4v) is 4.38. The Kier molecular flexibility index (Phi) is 6.90. The lowest BCUT2D eigenvalue weighted by atomic mass is 10.1. The third kappa shape index (κ3) is 5.60. The molecular weight excluding hydrogens is 460 g/mol. The van der Waals surface area contributed by atoms with Gasteiger partial charge in [0.15, 0.2) is 11.0 Å². The van der Waals surface area contributed by atoms with Gasteiger partial charge in [-0.25, -0.2) is 0 Å². The summed E-state index contributed by atoms with van der Waals surface area (Å²) in [5.41, 5.74) is 2.44. The minimum absolute atomic E-state index is 0.0141. The summed E-state index contributed by atoms with van der Waals surface area (Å²) in [6.07, 6.45) is 0.920. The van der Waals surface area contributed by atoms with Crippen LogP contribution < -0.4 is 5.32 Å². The average molecular weight is 485 g/mol. The van der Waals surface area contributed by atoms with Crippen molar-refractivity contribution in [2.24, 2.45) is 0 Å². The van der Waals surface area contributed by atoms with Crippen molar-refractivity contribution in [2.75, 3.05) is 5.75 Å². The lowest BCUT2D eigenvalue weighted by molar-refractivity contribution is -0.154. The van der Waals surface area contributed by atoms with Crippen molar-refractivity contribution < 1.29 is 14.3 Å². The van der Waals surface area contributed by atoms with Gasteiger partial charge in [-0.15, -0.1) is 10.2 Å². The Morgan fingerprint density at radius 3 is 2.20 bits per heavy atom. The highest BCUT2D eigenvalue weighted by Gasteiger charge is 2.31. The number of rotatable bonds is 9. The van der Waals surface area contributed by atoms with Crippen LogP contribution in [0.2, 0.25) is 0 Å². The molecule has 4 aromatic rings. The van der Waals surface area contributed by atoms with Crippen molar-refractivity contribution in [1.82, 2.24) is 20.1 Å². The molecule has 0 spiro atoms. The fourth-order valence-electron chi connectivity index (χ4n) is 3.64. The number of thioether (sulfide) groups is 1. The minimum atomic E-state index is -0.989. The first-order valence-corrected chi connectivity index (χ1v) is 12.4. The second-order valence-corrected chi connectivity index (χ2v) is 9.14. The van der Waals surface area contributed by atoms with Crippen LogP contribution >= 0.6 is 11.8 Å². The first-order chi connectivity index (χ1) is 17.2. The van der Waals surface area contributed by atoms with E-state index >= 15 is 0 Å². The van der Waals surface area contributed by atoms with Crippen LogP contribution in [0.15, 0.2) is 96.2 Å². The van der Waals surface area contributed by atoms with E-state index in [1.807, 2.05) is 83.4 Å². The Bertz CT molecular complexity index is 1290. The first-order valence-electron chi connectivity index (χ1n) is 11.4. The Hall–Kier alpha value is -3.91. The van der Waals surface area contributed by atoms with Gasteiger partial charge in [0.1, 0.15) is 0 Å². The van der Waals surface area contributed by atoms with Crippen LogP contribution in [0, 0.1) is 0 Å². The molecule has 1 aliphatic rings. The van der Waals surface area contributed by atoms with Gasteiger partial charge in [0.05, 0.1) is 5.75 Å². The molecule has 1 saturated carbocycles. The predicted octanol–water partition coefficient (Wildman–Crippen LogP) is 4.59. The van der Waals surface area contributed by atoms with Crippen LogP contribution in [0.25, 0.3) is 17.1 Å². The Balaban J connectivity index is 1.34. The average Bonchev–Trinajstić information content (AvgIpc) is 3.62. The molecule has 176 valence electrons. The Morgan fingerprint density at radius 1 is 0.914 bits per heavy atom. The molecule has 3 aromatic carbocycles. The number of amides is 1. The summed E-state index contributed by atoms with van der Waals surface area (Å²) in [5.74, 6) is -0.132. The zero-order chi connectivity index (χ0) is 24.0. The van der Waals surface area contributed by atoms with Gasteiger partial charge in [-0.2, -0.15) is 0 Å². The van der Waals surface area contributed by atoms with Gasteiger partial charge in [0.2, 0.25) is 6.10 Å². The maximum absolute atomic E-state index is 12.9. The van der Waals surface area contributed by atoms with E-state index in [2.05, 4.69) is 15.5 Å². The number of hydrogen-bond donors (Lipinski definition) is 1. The number of nitrogens with one attached hydrogen (secondary N) is 1. The number of carbonyl (C=O) groups is 2. The summed E-state index contributed by atoms with van der Waals surface area (Å²) in [6, 6.07) is 28.8. The van der Waals surface area contributed by atoms with Crippen LogP contribution in [0.5, 0.6) is 0 Å². The normalized spacial score (nSPS) is 13.7. The Labute approximate surface area is 207 Å². The smallest absolute Gasteiger partial charge is 0.317 e. The van der Waals surface area contributed by atoms with E-state index in [1.54, 1.807) is 12.1 Å². The summed E-state index contributed by atoms with van der Waals surface area (Å²) in [6.45, 7) is 0. The number of aromatic nitrogens is 3. The molecule has 1 fully saturated rings. The van der Waals surface area contributed by atoms with E-state index in [0.29, 0.717) is 16.5 Å². The van der Waals surface area contributed by atoms with Crippen LogP contribution in [0.3, 0.4) is 0 Å². The largest absolute Gasteiger partial charge is 0.447 e. The van der Waals surface area contributed by atoms with Crippen molar-refractivity contribution in [3.8, 4) is 17.1 Å². The highest BCUT2D eigenvalue weighted by Crippen LogP contribution is 2.29. The van der Waals surface area contributed by atoms with E-state index < -0.39 is 12.1 Å². The van der Waals surface area contributed by atoms with E-state index in [-0.39, 0.29) is 17.7 Å². The minimum Gasteiger partial charge on any atom is -0.447 e. The van der Waals surface area contributed by atoms with Crippen molar-refractivity contribution in [2.45, 2.75) is 30.1 Å². The van der Waals surface area contributed by atoms with Gasteiger partial charge in [0, 0.05) is 22.9 Å². The zero-order valence-electron chi connectivity index (χ0n) is 18.9. The molecule has 1 atom stereocenters. The van der Waals surface area contributed by atoms with Gasteiger partial charge < -0.3 is 10.1 Å². The number of benzene rings is 3. The third-order valence-electron chi connectivity index (χ3n) is 5.51. The van der Waals surface area contributed by atoms with Crippen molar-refractivity contribution in [3.63, 3.8) is 0 Å². The van der Waals surface area contributed by atoms with Crippen molar-refractivity contribution in [1.29, 1.82) is 0 Å². The maximum Gasteiger partial charge on any atom is 0.317 e. The van der Waals surface area contributed by atoms with Crippen molar-refractivity contribution in [3.05, 3.63) is 96.6 Å². The lowest BCUT2D eigenvalue weighted by Gasteiger charge is -2.18.